The molecule has 0 saturated heterocycles. The van der Waals surface area contributed by atoms with E-state index in [0.29, 0.717) is 6.41 Å². The largest absolute Gasteiger partial charge is 0.481 e. The summed E-state index contributed by atoms with van der Waals surface area (Å²) in [6.07, 6.45) is 0.314. The Labute approximate surface area is 75.3 Å². The van der Waals surface area contributed by atoms with Gasteiger partial charge in [-0.2, -0.15) is 0 Å². The molecule has 0 radical (unpaired) electrons. The van der Waals surface area contributed by atoms with Crippen LogP contribution in [0.4, 0.5) is 0 Å². The summed E-state index contributed by atoms with van der Waals surface area (Å²) in [5.74, 6) is -1.39. The van der Waals surface area contributed by atoms with Crippen LogP contribution in [0.2, 0.25) is 0 Å². The van der Waals surface area contributed by atoms with E-state index in [1.54, 1.807) is 0 Å². The fraction of sp³-hybridized carbons (Fsp3) is 0.571. The number of carbonyl (C=O) groups excluding carboxylic acids is 2. The van der Waals surface area contributed by atoms with Gasteiger partial charge in [-0.25, -0.2) is 0 Å². The quantitative estimate of drug-likeness (QED) is 0.452. The third kappa shape index (κ3) is 4.78. The van der Waals surface area contributed by atoms with E-state index in [4.69, 9.17) is 5.11 Å². The van der Waals surface area contributed by atoms with Crippen LogP contribution in [0.3, 0.4) is 0 Å². The monoisotopic (exact) mass is 188 g/mol. The predicted molar refractivity (Wildman–Crippen MR) is 43.9 cm³/mol. The summed E-state index contributed by atoms with van der Waals surface area (Å²) in [6, 6.07) is -0.765. The van der Waals surface area contributed by atoms with Crippen molar-refractivity contribution in [3.8, 4) is 0 Å². The molecule has 0 bridgehead atoms. The third-order valence-electron chi connectivity index (χ3n) is 1.48. The second-order valence-electron chi connectivity index (χ2n) is 2.38. The smallest absolute Gasteiger partial charge is 0.303 e. The molecule has 0 aromatic carbocycles. The molecule has 0 aliphatic heterocycles. The molecular formula is C7H12N2O4. The normalized spacial score (nSPS) is 11.5. The number of carboxylic acid groups (broad SMARTS) is 1. The minimum absolute atomic E-state index is 0.0910. The highest BCUT2D eigenvalue weighted by Gasteiger charge is 2.16. The van der Waals surface area contributed by atoms with Gasteiger partial charge < -0.3 is 15.7 Å². The van der Waals surface area contributed by atoms with Gasteiger partial charge in [0.25, 0.3) is 0 Å². The summed E-state index contributed by atoms with van der Waals surface area (Å²) in [5, 5.41) is 12.9. The predicted octanol–water partition coefficient (Wildman–Crippen LogP) is -1.29. The molecule has 1 atom stereocenters. The Balaban J connectivity index is 4.00. The molecule has 0 rings (SSSR count). The highest BCUT2D eigenvalue weighted by molar-refractivity contribution is 5.83. The molecule has 3 N–H and O–H groups in total. The first kappa shape index (κ1) is 11.4. The molecule has 0 aromatic heterocycles. The van der Waals surface area contributed by atoms with Crippen molar-refractivity contribution in [2.24, 2.45) is 0 Å². The van der Waals surface area contributed by atoms with Crippen LogP contribution in [0.5, 0.6) is 0 Å². The van der Waals surface area contributed by atoms with Gasteiger partial charge in [0.1, 0.15) is 6.04 Å². The van der Waals surface area contributed by atoms with Gasteiger partial charge >= 0.3 is 5.97 Å². The fourth-order valence-corrected chi connectivity index (χ4v) is 0.814. The van der Waals surface area contributed by atoms with Crippen molar-refractivity contribution >= 4 is 18.3 Å². The number of nitrogens with one attached hydrogen (secondary N) is 2. The van der Waals surface area contributed by atoms with E-state index in [0.717, 1.165) is 0 Å². The van der Waals surface area contributed by atoms with Gasteiger partial charge in [0.2, 0.25) is 12.3 Å². The lowest BCUT2D eigenvalue weighted by Gasteiger charge is -2.12. The molecule has 0 spiro atoms. The van der Waals surface area contributed by atoms with E-state index in [9.17, 15) is 14.4 Å². The minimum atomic E-state index is -0.999. The summed E-state index contributed by atoms with van der Waals surface area (Å²) in [7, 11) is 1.42. The Morgan fingerprint density at radius 2 is 2.15 bits per heavy atom. The average molecular weight is 188 g/mol. The van der Waals surface area contributed by atoms with Crippen LogP contribution >= 0.6 is 0 Å². The lowest BCUT2D eigenvalue weighted by atomic mass is 10.1. The second kappa shape index (κ2) is 5.99. The molecule has 0 aliphatic carbocycles. The van der Waals surface area contributed by atoms with E-state index in [1.165, 1.54) is 7.05 Å². The van der Waals surface area contributed by atoms with Gasteiger partial charge in [-0.3, -0.25) is 14.4 Å². The molecule has 2 amide bonds. The molecule has 1 unspecified atom stereocenters. The van der Waals surface area contributed by atoms with Crippen LogP contribution in [0.1, 0.15) is 12.8 Å². The number of aliphatic carboxylic acids is 1. The first-order valence-corrected chi connectivity index (χ1v) is 3.75. The van der Waals surface area contributed by atoms with E-state index in [2.05, 4.69) is 10.6 Å². The summed E-state index contributed by atoms with van der Waals surface area (Å²) in [6.45, 7) is 0. The van der Waals surface area contributed by atoms with Crippen molar-refractivity contribution in [1.82, 2.24) is 10.6 Å². The van der Waals surface area contributed by atoms with E-state index in [1.807, 2.05) is 0 Å². The second-order valence-corrected chi connectivity index (χ2v) is 2.38. The molecule has 0 saturated carbocycles. The zero-order valence-corrected chi connectivity index (χ0v) is 7.24. The molecule has 6 nitrogen and oxygen atoms in total. The lowest BCUT2D eigenvalue weighted by molar-refractivity contribution is -0.137. The van der Waals surface area contributed by atoms with Crippen molar-refractivity contribution in [2.75, 3.05) is 7.05 Å². The molecule has 13 heavy (non-hydrogen) atoms. The molecular weight excluding hydrogens is 176 g/mol. The topological polar surface area (TPSA) is 95.5 Å². The standard InChI is InChI=1S/C7H12N2O4/c1-8-7(13)5(9-4-10)2-3-6(11)12/h4-5H,2-3H2,1H3,(H,8,13)(H,9,10)(H,11,12). The van der Waals surface area contributed by atoms with Gasteiger partial charge in [-0.1, -0.05) is 0 Å². The van der Waals surface area contributed by atoms with Gasteiger partial charge in [-0.05, 0) is 6.42 Å². The first-order valence-electron chi connectivity index (χ1n) is 3.75. The summed E-state index contributed by atoms with van der Waals surface area (Å²) in [4.78, 5) is 31.2. The van der Waals surface area contributed by atoms with Crippen LogP contribution < -0.4 is 10.6 Å². The van der Waals surface area contributed by atoms with Crippen molar-refractivity contribution < 1.29 is 19.5 Å². The number of rotatable bonds is 6. The maximum absolute atomic E-state index is 11.0. The number of carboxylic acids is 1. The van der Waals surface area contributed by atoms with Gasteiger partial charge in [0.05, 0.1) is 0 Å². The molecule has 6 heteroatoms. The Hall–Kier alpha value is -1.59. The van der Waals surface area contributed by atoms with Crippen LogP contribution in [-0.2, 0) is 14.4 Å². The van der Waals surface area contributed by atoms with Crippen molar-refractivity contribution in [3.63, 3.8) is 0 Å². The summed E-state index contributed by atoms with van der Waals surface area (Å²) < 4.78 is 0. The van der Waals surface area contributed by atoms with Crippen LogP contribution in [0, 0.1) is 0 Å². The Kier molecular flexibility index (Phi) is 5.25. The van der Waals surface area contributed by atoms with E-state index >= 15 is 0 Å². The van der Waals surface area contributed by atoms with Crippen LogP contribution in [0.15, 0.2) is 0 Å². The lowest BCUT2D eigenvalue weighted by Crippen LogP contribution is -2.42. The Morgan fingerprint density at radius 3 is 2.54 bits per heavy atom. The maximum Gasteiger partial charge on any atom is 0.303 e. The summed E-state index contributed by atoms with van der Waals surface area (Å²) >= 11 is 0. The molecule has 0 heterocycles. The zero-order valence-electron chi connectivity index (χ0n) is 7.24. The van der Waals surface area contributed by atoms with E-state index < -0.39 is 17.9 Å². The number of hydrogen-bond donors (Lipinski definition) is 3. The zero-order chi connectivity index (χ0) is 10.3. The van der Waals surface area contributed by atoms with Gasteiger partial charge in [0, 0.05) is 13.5 Å². The van der Waals surface area contributed by atoms with Crippen molar-refractivity contribution in [3.05, 3.63) is 0 Å². The number of carbonyl (C=O) groups is 3. The molecule has 74 valence electrons. The number of likely N-dealkylation sites (N-methyl/N-ethyl adjacent to an activating group) is 1. The van der Waals surface area contributed by atoms with Crippen molar-refractivity contribution in [2.45, 2.75) is 18.9 Å². The molecule has 0 aliphatic rings. The summed E-state index contributed by atoms with van der Waals surface area (Å²) in [5.41, 5.74) is 0. The highest BCUT2D eigenvalue weighted by atomic mass is 16.4. The number of amides is 2. The fourth-order valence-electron chi connectivity index (χ4n) is 0.814. The SMILES string of the molecule is CNC(=O)C(CCC(=O)O)NC=O. The molecule has 0 aromatic rings. The maximum atomic E-state index is 11.0. The van der Waals surface area contributed by atoms with Gasteiger partial charge in [-0.15, -0.1) is 0 Å². The van der Waals surface area contributed by atoms with Gasteiger partial charge in [0.15, 0.2) is 0 Å². The Bertz CT molecular complexity index is 205. The minimum Gasteiger partial charge on any atom is -0.481 e. The highest BCUT2D eigenvalue weighted by Crippen LogP contribution is 1.96. The molecule has 0 fully saturated rings. The first-order chi connectivity index (χ1) is 6.11. The van der Waals surface area contributed by atoms with E-state index in [-0.39, 0.29) is 12.8 Å². The van der Waals surface area contributed by atoms with Crippen LogP contribution in [0.25, 0.3) is 0 Å². The van der Waals surface area contributed by atoms with Crippen LogP contribution in [-0.4, -0.2) is 36.5 Å². The van der Waals surface area contributed by atoms with Crippen molar-refractivity contribution in [1.29, 1.82) is 0 Å². The Morgan fingerprint density at radius 1 is 1.54 bits per heavy atom. The average Bonchev–Trinajstić information content (AvgIpc) is 2.10. The number of hydrogen-bond acceptors (Lipinski definition) is 3. The third-order valence-corrected chi connectivity index (χ3v) is 1.48.